The van der Waals surface area contributed by atoms with Gasteiger partial charge in [0.2, 0.25) is 0 Å². The average Bonchev–Trinajstić information content (AvgIpc) is 2.14. The van der Waals surface area contributed by atoms with E-state index in [1.165, 1.54) is 5.56 Å². The number of unbranched alkanes of at least 4 members (excludes halogenated alkanes) is 1. The van der Waals surface area contributed by atoms with Crippen molar-refractivity contribution in [2.45, 2.75) is 45.1 Å². The van der Waals surface area contributed by atoms with Gasteiger partial charge in [-0.2, -0.15) is 0 Å². The molecule has 1 aromatic rings. The number of hydrogen-bond acceptors (Lipinski definition) is 1. The van der Waals surface area contributed by atoms with Gasteiger partial charge in [0, 0.05) is 10.9 Å². The minimum Gasteiger partial charge on any atom is -0.390 e. The predicted molar refractivity (Wildman–Crippen MR) is 68.0 cm³/mol. The highest BCUT2D eigenvalue weighted by molar-refractivity contribution is 9.10. The highest BCUT2D eigenvalue weighted by Crippen LogP contribution is 2.21. The van der Waals surface area contributed by atoms with Crippen LogP contribution >= 0.6 is 15.9 Å². The van der Waals surface area contributed by atoms with E-state index < -0.39 is 5.60 Å². The van der Waals surface area contributed by atoms with Crippen molar-refractivity contribution < 1.29 is 5.11 Å². The predicted octanol–water partition coefficient (Wildman–Crippen LogP) is 3.93. The van der Waals surface area contributed by atoms with Crippen molar-refractivity contribution in [3.05, 3.63) is 34.3 Å². The van der Waals surface area contributed by atoms with Gasteiger partial charge in [0.15, 0.2) is 0 Å². The van der Waals surface area contributed by atoms with Crippen LogP contribution in [-0.4, -0.2) is 10.7 Å². The standard InChI is InChI=1S/C13H19BrO/c1-3-4-8-13(2,15)10-11-6-5-7-12(14)9-11/h5-7,9,15H,3-4,8,10H2,1-2H3. The molecule has 0 radical (unpaired) electrons. The van der Waals surface area contributed by atoms with Gasteiger partial charge in [0.05, 0.1) is 5.60 Å². The summed E-state index contributed by atoms with van der Waals surface area (Å²) >= 11 is 3.44. The van der Waals surface area contributed by atoms with Crippen LogP contribution in [0.1, 0.15) is 38.7 Å². The SMILES string of the molecule is CCCCC(C)(O)Cc1cccc(Br)c1. The fraction of sp³-hybridized carbons (Fsp3) is 0.538. The van der Waals surface area contributed by atoms with Crippen molar-refractivity contribution in [1.29, 1.82) is 0 Å². The smallest absolute Gasteiger partial charge is 0.0660 e. The second kappa shape index (κ2) is 5.66. The Balaban J connectivity index is 2.60. The first kappa shape index (κ1) is 12.7. The van der Waals surface area contributed by atoms with E-state index in [1.54, 1.807) is 0 Å². The molecule has 0 aliphatic heterocycles. The number of benzene rings is 1. The normalized spacial score (nSPS) is 14.9. The second-order valence-corrected chi connectivity index (χ2v) is 5.32. The molecule has 0 aliphatic carbocycles. The molecule has 0 bridgehead atoms. The third kappa shape index (κ3) is 4.80. The lowest BCUT2D eigenvalue weighted by Crippen LogP contribution is -2.26. The van der Waals surface area contributed by atoms with Crippen molar-refractivity contribution in [3.8, 4) is 0 Å². The summed E-state index contributed by atoms with van der Waals surface area (Å²) in [6, 6.07) is 8.14. The van der Waals surface area contributed by atoms with Crippen LogP contribution in [0.3, 0.4) is 0 Å². The molecule has 84 valence electrons. The Morgan fingerprint density at radius 3 is 2.73 bits per heavy atom. The van der Waals surface area contributed by atoms with Crippen LogP contribution in [0.2, 0.25) is 0 Å². The van der Waals surface area contributed by atoms with E-state index in [4.69, 9.17) is 0 Å². The molecular weight excluding hydrogens is 252 g/mol. The molecule has 2 heteroatoms. The van der Waals surface area contributed by atoms with Crippen molar-refractivity contribution in [1.82, 2.24) is 0 Å². The number of halogens is 1. The third-order valence-electron chi connectivity index (χ3n) is 2.54. The Bertz CT molecular complexity index is 307. The molecule has 0 fully saturated rings. The van der Waals surface area contributed by atoms with Crippen molar-refractivity contribution in [2.24, 2.45) is 0 Å². The maximum absolute atomic E-state index is 10.2. The fourth-order valence-electron chi connectivity index (χ4n) is 1.73. The van der Waals surface area contributed by atoms with E-state index in [0.717, 1.165) is 30.2 Å². The van der Waals surface area contributed by atoms with Gasteiger partial charge in [-0.3, -0.25) is 0 Å². The Morgan fingerprint density at radius 1 is 1.40 bits per heavy atom. The van der Waals surface area contributed by atoms with Crippen LogP contribution in [0.15, 0.2) is 28.7 Å². The van der Waals surface area contributed by atoms with Gasteiger partial charge in [-0.25, -0.2) is 0 Å². The maximum atomic E-state index is 10.2. The Hall–Kier alpha value is -0.340. The van der Waals surface area contributed by atoms with Gasteiger partial charge >= 0.3 is 0 Å². The van der Waals surface area contributed by atoms with Gasteiger partial charge in [-0.15, -0.1) is 0 Å². The van der Waals surface area contributed by atoms with E-state index in [-0.39, 0.29) is 0 Å². The summed E-state index contributed by atoms with van der Waals surface area (Å²) in [5.74, 6) is 0. The first-order valence-corrected chi connectivity index (χ1v) is 6.29. The van der Waals surface area contributed by atoms with E-state index in [2.05, 4.69) is 35.0 Å². The fourth-order valence-corrected chi connectivity index (χ4v) is 2.18. The largest absolute Gasteiger partial charge is 0.390 e. The minimum atomic E-state index is -0.573. The zero-order chi connectivity index (χ0) is 11.3. The molecule has 1 N–H and O–H groups in total. The van der Waals surface area contributed by atoms with E-state index >= 15 is 0 Å². The summed E-state index contributed by atoms with van der Waals surface area (Å²) in [6.07, 6.45) is 3.82. The van der Waals surface area contributed by atoms with Crippen molar-refractivity contribution in [3.63, 3.8) is 0 Å². The molecule has 15 heavy (non-hydrogen) atoms. The van der Waals surface area contributed by atoms with Gasteiger partial charge in [-0.05, 0) is 31.0 Å². The van der Waals surface area contributed by atoms with Gasteiger partial charge in [-0.1, -0.05) is 47.8 Å². The van der Waals surface area contributed by atoms with Crippen LogP contribution in [0, 0.1) is 0 Å². The summed E-state index contributed by atoms with van der Waals surface area (Å²) < 4.78 is 1.08. The van der Waals surface area contributed by atoms with Crippen LogP contribution in [0.4, 0.5) is 0 Å². The zero-order valence-corrected chi connectivity index (χ0v) is 11.0. The number of rotatable bonds is 5. The molecule has 0 aliphatic rings. The molecule has 0 saturated heterocycles. The molecule has 0 spiro atoms. The van der Waals surface area contributed by atoms with Gasteiger partial charge in [0.25, 0.3) is 0 Å². The molecule has 0 saturated carbocycles. The average molecular weight is 271 g/mol. The third-order valence-corrected chi connectivity index (χ3v) is 3.04. The van der Waals surface area contributed by atoms with Crippen LogP contribution in [0.5, 0.6) is 0 Å². The molecule has 1 atom stereocenters. The first-order chi connectivity index (χ1) is 7.03. The zero-order valence-electron chi connectivity index (χ0n) is 9.46. The first-order valence-electron chi connectivity index (χ1n) is 5.50. The maximum Gasteiger partial charge on any atom is 0.0660 e. The Labute approximate surface area is 101 Å². The molecule has 0 amide bonds. The molecule has 0 heterocycles. The summed E-state index contributed by atoms with van der Waals surface area (Å²) in [6.45, 7) is 4.07. The van der Waals surface area contributed by atoms with Crippen molar-refractivity contribution >= 4 is 15.9 Å². The number of hydrogen-bond donors (Lipinski definition) is 1. The number of aliphatic hydroxyl groups is 1. The van der Waals surface area contributed by atoms with Crippen molar-refractivity contribution in [2.75, 3.05) is 0 Å². The summed E-state index contributed by atoms with van der Waals surface area (Å²) in [5.41, 5.74) is 0.613. The minimum absolute atomic E-state index is 0.573. The topological polar surface area (TPSA) is 20.2 Å². The van der Waals surface area contributed by atoms with E-state index in [0.29, 0.717) is 0 Å². The lowest BCUT2D eigenvalue weighted by molar-refractivity contribution is 0.0490. The summed E-state index contributed by atoms with van der Waals surface area (Å²) in [4.78, 5) is 0. The molecule has 1 rings (SSSR count). The molecule has 1 unspecified atom stereocenters. The molecule has 1 aromatic carbocycles. The lowest BCUT2D eigenvalue weighted by Gasteiger charge is -2.23. The van der Waals surface area contributed by atoms with E-state index in [9.17, 15) is 5.11 Å². The molecular formula is C13H19BrO. The monoisotopic (exact) mass is 270 g/mol. The second-order valence-electron chi connectivity index (χ2n) is 4.41. The Kier molecular flexibility index (Phi) is 4.81. The quantitative estimate of drug-likeness (QED) is 0.860. The molecule has 0 aromatic heterocycles. The summed E-state index contributed by atoms with van der Waals surface area (Å²) in [5, 5.41) is 10.2. The lowest BCUT2D eigenvalue weighted by atomic mass is 9.91. The summed E-state index contributed by atoms with van der Waals surface area (Å²) in [7, 11) is 0. The van der Waals surface area contributed by atoms with E-state index in [1.807, 2.05) is 19.1 Å². The highest BCUT2D eigenvalue weighted by atomic mass is 79.9. The van der Waals surface area contributed by atoms with Crippen LogP contribution < -0.4 is 0 Å². The highest BCUT2D eigenvalue weighted by Gasteiger charge is 2.19. The Morgan fingerprint density at radius 2 is 2.13 bits per heavy atom. The van der Waals surface area contributed by atoms with Gasteiger partial charge < -0.3 is 5.11 Å². The van der Waals surface area contributed by atoms with Crippen LogP contribution in [-0.2, 0) is 6.42 Å². The van der Waals surface area contributed by atoms with Crippen LogP contribution in [0.25, 0.3) is 0 Å². The molecule has 1 nitrogen and oxygen atoms in total. The van der Waals surface area contributed by atoms with Gasteiger partial charge in [0.1, 0.15) is 0 Å².